The highest BCUT2D eigenvalue weighted by Crippen LogP contribution is 2.35. The maximum absolute atomic E-state index is 13.5. The van der Waals surface area contributed by atoms with E-state index in [9.17, 15) is 14.4 Å². The Hall–Kier alpha value is -3.32. The molecular weight excluding hydrogens is 275 g/mol. The zero-order valence-corrected chi connectivity index (χ0v) is 10.9. The lowest BCUT2D eigenvalue weighted by Crippen LogP contribution is -2.16. The van der Waals surface area contributed by atoms with Gasteiger partial charge in [0.05, 0.1) is 7.11 Å². The van der Waals surface area contributed by atoms with Crippen LogP contribution in [0.25, 0.3) is 11.1 Å². The minimum atomic E-state index is -0.754. The van der Waals surface area contributed by atoms with Crippen LogP contribution in [0.2, 0.25) is 0 Å². The van der Waals surface area contributed by atoms with Gasteiger partial charge in [0.2, 0.25) is 0 Å². The summed E-state index contributed by atoms with van der Waals surface area (Å²) in [5, 5.41) is 18.4. The number of nitrogen functional groups attached to an aromatic ring is 1. The van der Waals surface area contributed by atoms with Crippen LogP contribution in [0.1, 0.15) is 11.1 Å². The Kier molecular flexibility index (Phi) is 3.59. The molecule has 1 aromatic carbocycles. The predicted molar refractivity (Wildman–Crippen MR) is 72.9 cm³/mol. The number of nitriles is 2. The molecule has 3 N–H and O–H groups in total. The molecule has 6 nitrogen and oxygen atoms in total. The van der Waals surface area contributed by atoms with Gasteiger partial charge in [0.1, 0.15) is 40.6 Å². The van der Waals surface area contributed by atoms with E-state index in [1.54, 1.807) is 6.07 Å². The van der Waals surface area contributed by atoms with Crippen molar-refractivity contribution in [2.24, 2.45) is 0 Å². The van der Waals surface area contributed by atoms with Gasteiger partial charge in [-0.3, -0.25) is 4.79 Å². The molecule has 0 aliphatic rings. The summed E-state index contributed by atoms with van der Waals surface area (Å²) in [5.41, 5.74) is 4.47. The number of methoxy groups -OCH3 is 1. The first-order chi connectivity index (χ1) is 10.0. The van der Waals surface area contributed by atoms with E-state index in [0.717, 1.165) is 12.1 Å². The minimum absolute atomic E-state index is 0.0439. The summed E-state index contributed by atoms with van der Waals surface area (Å²) in [6.45, 7) is 0. The van der Waals surface area contributed by atoms with Gasteiger partial charge in [-0.2, -0.15) is 10.5 Å². The molecule has 2 aromatic rings. The molecule has 21 heavy (non-hydrogen) atoms. The highest BCUT2D eigenvalue weighted by molar-refractivity contribution is 5.83. The monoisotopic (exact) mass is 284 g/mol. The fourth-order valence-corrected chi connectivity index (χ4v) is 1.99. The van der Waals surface area contributed by atoms with Gasteiger partial charge >= 0.3 is 0 Å². The van der Waals surface area contributed by atoms with E-state index in [1.807, 2.05) is 6.07 Å². The molecule has 104 valence electrons. The molecule has 0 unspecified atom stereocenters. The molecule has 0 amide bonds. The summed E-state index contributed by atoms with van der Waals surface area (Å²) in [6.07, 6.45) is 0. The molecule has 2 rings (SSSR count). The first kappa shape index (κ1) is 14.1. The normalized spacial score (nSPS) is 9.71. The molecule has 7 heteroatoms. The van der Waals surface area contributed by atoms with Gasteiger partial charge in [0.25, 0.3) is 5.56 Å². The van der Waals surface area contributed by atoms with E-state index in [4.69, 9.17) is 15.7 Å². The van der Waals surface area contributed by atoms with E-state index >= 15 is 0 Å². The quantitative estimate of drug-likeness (QED) is 0.867. The van der Waals surface area contributed by atoms with E-state index in [0.29, 0.717) is 0 Å². The molecule has 0 bridgehead atoms. The van der Waals surface area contributed by atoms with Gasteiger partial charge in [0.15, 0.2) is 0 Å². The fraction of sp³-hybridized carbons (Fsp3) is 0.0714. The van der Waals surface area contributed by atoms with Gasteiger partial charge in [0, 0.05) is 11.1 Å². The Balaban J connectivity index is 3.00. The average Bonchev–Trinajstić information content (AvgIpc) is 2.46. The Morgan fingerprint density at radius 1 is 1.29 bits per heavy atom. The Bertz CT molecular complexity index is 859. The number of ether oxygens (including phenoxy) is 1. The number of benzene rings is 1. The van der Waals surface area contributed by atoms with Crippen molar-refractivity contribution in [3.8, 4) is 29.0 Å². The van der Waals surface area contributed by atoms with Crippen LogP contribution in [0, 0.1) is 28.5 Å². The topological polar surface area (TPSA) is 116 Å². The molecule has 0 saturated carbocycles. The molecule has 1 heterocycles. The number of nitrogens with zero attached hydrogens (tertiary/aromatic N) is 2. The van der Waals surface area contributed by atoms with Crippen LogP contribution in [-0.4, -0.2) is 12.1 Å². The first-order valence-corrected chi connectivity index (χ1v) is 5.73. The molecule has 0 spiro atoms. The highest BCUT2D eigenvalue weighted by atomic mass is 19.1. The second kappa shape index (κ2) is 5.35. The maximum atomic E-state index is 13.5. The van der Waals surface area contributed by atoms with Crippen molar-refractivity contribution in [2.45, 2.75) is 0 Å². The van der Waals surface area contributed by atoms with Crippen molar-refractivity contribution in [2.75, 3.05) is 12.8 Å². The smallest absolute Gasteiger partial charge is 0.268 e. The van der Waals surface area contributed by atoms with Crippen LogP contribution in [0.15, 0.2) is 23.0 Å². The highest BCUT2D eigenvalue weighted by Gasteiger charge is 2.21. The average molecular weight is 284 g/mol. The number of anilines is 1. The van der Waals surface area contributed by atoms with E-state index in [2.05, 4.69) is 4.98 Å². The van der Waals surface area contributed by atoms with Crippen molar-refractivity contribution in [3.63, 3.8) is 0 Å². The Labute approximate surface area is 118 Å². The summed E-state index contributed by atoms with van der Waals surface area (Å²) in [4.78, 5) is 14.0. The number of rotatable bonds is 2. The molecule has 0 saturated heterocycles. The van der Waals surface area contributed by atoms with Crippen LogP contribution < -0.4 is 16.0 Å². The standard InChI is InChI=1S/C14H9FN4O2/c1-21-11-3-2-7(15)4-8(11)12-9(5-16)13(18)19-14(20)10(12)6-17/h2-4H,1H3,(H3,18,19,20). The minimum Gasteiger partial charge on any atom is -0.496 e. The van der Waals surface area contributed by atoms with Crippen molar-refractivity contribution < 1.29 is 9.13 Å². The second-order valence-electron chi connectivity index (χ2n) is 4.06. The summed E-state index contributed by atoms with van der Waals surface area (Å²) < 4.78 is 18.6. The van der Waals surface area contributed by atoms with Gasteiger partial charge in [-0.25, -0.2) is 4.39 Å². The van der Waals surface area contributed by atoms with Crippen molar-refractivity contribution in [1.82, 2.24) is 4.98 Å². The Morgan fingerprint density at radius 2 is 1.95 bits per heavy atom. The molecule has 1 aromatic heterocycles. The number of nitrogens with two attached hydrogens (primary N) is 1. The van der Waals surface area contributed by atoms with Crippen LogP contribution in [0.4, 0.5) is 10.2 Å². The van der Waals surface area contributed by atoms with Crippen LogP contribution in [0.3, 0.4) is 0 Å². The van der Waals surface area contributed by atoms with Gasteiger partial charge < -0.3 is 15.5 Å². The lowest BCUT2D eigenvalue weighted by atomic mass is 9.96. The third kappa shape index (κ3) is 2.28. The molecule has 0 aliphatic carbocycles. The van der Waals surface area contributed by atoms with Crippen LogP contribution in [0.5, 0.6) is 5.75 Å². The van der Waals surface area contributed by atoms with E-state index in [-0.39, 0.29) is 33.8 Å². The van der Waals surface area contributed by atoms with Crippen LogP contribution in [-0.2, 0) is 0 Å². The van der Waals surface area contributed by atoms with Gasteiger partial charge in [-0.05, 0) is 18.2 Å². The third-order valence-corrected chi connectivity index (χ3v) is 2.90. The maximum Gasteiger partial charge on any atom is 0.268 e. The lowest BCUT2D eigenvalue weighted by molar-refractivity contribution is 0.415. The van der Waals surface area contributed by atoms with Crippen LogP contribution >= 0.6 is 0 Å². The number of halogens is 1. The second-order valence-corrected chi connectivity index (χ2v) is 4.06. The molecule has 0 fully saturated rings. The molecule has 0 atom stereocenters. The SMILES string of the molecule is COc1ccc(F)cc1-c1c(C#N)c(N)[nH]c(=O)c1C#N. The fourth-order valence-electron chi connectivity index (χ4n) is 1.99. The van der Waals surface area contributed by atoms with Crippen molar-refractivity contribution in [3.05, 3.63) is 45.5 Å². The lowest BCUT2D eigenvalue weighted by Gasteiger charge is -2.12. The van der Waals surface area contributed by atoms with Gasteiger partial charge in [-0.15, -0.1) is 0 Å². The number of H-pyrrole nitrogens is 1. The third-order valence-electron chi connectivity index (χ3n) is 2.90. The number of hydrogen-bond donors (Lipinski definition) is 2. The number of pyridine rings is 1. The number of aromatic nitrogens is 1. The number of aromatic amines is 1. The zero-order chi connectivity index (χ0) is 15.6. The van der Waals surface area contributed by atoms with E-state index < -0.39 is 11.4 Å². The van der Waals surface area contributed by atoms with Crippen molar-refractivity contribution >= 4 is 5.82 Å². The molecular formula is C14H9FN4O2. The zero-order valence-electron chi connectivity index (χ0n) is 10.9. The van der Waals surface area contributed by atoms with Gasteiger partial charge in [-0.1, -0.05) is 0 Å². The summed E-state index contributed by atoms with van der Waals surface area (Å²) in [6, 6.07) is 7.10. The number of nitrogens with one attached hydrogen (secondary N) is 1. The largest absolute Gasteiger partial charge is 0.496 e. The summed E-state index contributed by atoms with van der Waals surface area (Å²) in [7, 11) is 1.35. The molecule has 0 aliphatic heterocycles. The van der Waals surface area contributed by atoms with E-state index in [1.165, 1.54) is 13.2 Å². The molecule has 0 radical (unpaired) electrons. The summed E-state index contributed by atoms with van der Waals surface area (Å²) >= 11 is 0. The summed E-state index contributed by atoms with van der Waals surface area (Å²) in [5.74, 6) is -0.574. The number of hydrogen-bond acceptors (Lipinski definition) is 5. The van der Waals surface area contributed by atoms with Crippen molar-refractivity contribution in [1.29, 1.82) is 10.5 Å². The first-order valence-electron chi connectivity index (χ1n) is 5.73. The Morgan fingerprint density at radius 3 is 2.52 bits per heavy atom. The predicted octanol–water partition coefficient (Wildman–Crippen LogP) is 1.52.